The number of urea groups is 1. The van der Waals surface area contributed by atoms with Gasteiger partial charge in [0.15, 0.2) is 0 Å². The van der Waals surface area contributed by atoms with Crippen molar-refractivity contribution in [2.75, 3.05) is 11.0 Å². The van der Waals surface area contributed by atoms with Gasteiger partial charge in [0.2, 0.25) is 0 Å². The minimum Gasteiger partial charge on any atom is -0.350 e. The number of carbonyl (C=O) groups excluding carboxylic acids is 1. The highest BCUT2D eigenvalue weighted by atomic mass is 127. The van der Waals surface area contributed by atoms with Gasteiger partial charge in [0.05, 0.1) is 0 Å². The lowest BCUT2D eigenvalue weighted by Gasteiger charge is -1.91. The number of carbonyl (C=O) groups is 1. The Morgan fingerprint density at radius 1 is 1.75 bits per heavy atom. The first-order valence-corrected chi connectivity index (χ1v) is 3.83. The van der Waals surface area contributed by atoms with E-state index < -0.39 is 6.03 Å². The van der Waals surface area contributed by atoms with Gasteiger partial charge < -0.3 is 5.73 Å². The smallest absolute Gasteiger partial charge is 0.333 e. The van der Waals surface area contributed by atoms with Gasteiger partial charge in [0, 0.05) is 11.0 Å². The monoisotopic (exact) mass is 227 g/mol. The van der Waals surface area contributed by atoms with Crippen molar-refractivity contribution in [3.63, 3.8) is 0 Å². The maximum absolute atomic E-state index is 9.93. The van der Waals surface area contributed by atoms with E-state index in [4.69, 9.17) is 5.73 Å². The van der Waals surface area contributed by atoms with Crippen molar-refractivity contribution in [3.8, 4) is 0 Å². The van der Waals surface area contributed by atoms with E-state index in [9.17, 15) is 4.79 Å². The number of nitrogens with two attached hydrogens (primary N) is 1. The fraction of sp³-hybridized carbons (Fsp3) is 0.750. The number of rotatable bonds is 3. The number of alkyl halides is 1. The van der Waals surface area contributed by atoms with Crippen molar-refractivity contribution in [2.45, 2.75) is 6.42 Å². The average molecular weight is 227 g/mol. The number of hydrogen-bond acceptors (Lipinski definition) is 1. The summed E-state index contributed by atoms with van der Waals surface area (Å²) in [5.74, 6) is 0. The Labute approximate surface area is 62.1 Å². The third kappa shape index (κ3) is 6.00. The minimum absolute atomic E-state index is 0.560. The van der Waals surface area contributed by atoms with Gasteiger partial charge in [-0.3, -0.25) is 0 Å². The maximum Gasteiger partial charge on any atom is 0.333 e. The molecule has 8 heavy (non-hydrogen) atoms. The van der Waals surface area contributed by atoms with Gasteiger partial charge in [-0.15, -0.1) is 0 Å². The van der Waals surface area contributed by atoms with Gasteiger partial charge in [0.25, 0.3) is 0 Å². The van der Waals surface area contributed by atoms with E-state index in [1.165, 1.54) is 0 Å². The van der Waals surface area contributed by atoms with E-state index in [0.717, 1.165) is 10.8 Å². The molecule has 2 N–H and O–H groups in total. The lowest BCUT2D eigenvalue weighted by atomic mass is 10.5. The highest BCUT2D eigenvalue weighted by Gasteiger charge is 1.90. The van der Waals surface area contributed by atoms with Crippen molar-refractivity contribution in [3.05, 3.63) is 0 Å². The zero-order chi connectivity index (χ0) is 6.41. The summed E-state index contributed by atoms with van der Waals surface area (Å²) in [6, 6.07) is -0.560. The molecule has 0 saturated carbocycles. The molecule has 0 atom stereocenters. The van der Waals surface area contributed by atoms with Crippen molar-refractivity contribution < 1.29 is 4.79 Å². The van der Waals surface area contributed by atoms with E-state index in [-0.39, 0.29) is 0 Å². The van der Waals surface area contributed by atoms with Crippen LogP contribution in [0.25, 0.3) is 0 Å². The fourth-order valence-corrected chi connectivity index (χ4v) is 0.590. The Bertz CT molecular complexity index is 76.4. The average Bonchev–Trinajstić information content (AvgIpc) is 1.66. The number of nitrogens with zero attached hydrogens (tertiary/aromatic N) is 1. The van der Waals surface area contributed by atoms with Crippen LogP contribution in [0, 0.1) is 0 Å². The first-order chi connectivity index (χ1) is 3.77. The Balaban J connectivity index is 2.82. The van der Waals surface area contributed by atoms with Crippen LogP contribution in [-0.4, -0.2) is 17.0 Å². The number of primary amides is 1. The SMILES string of the molecule is NC(=O)[N]CCCI. The van der Waals surface area contributed by atoms with Crippen LogP contribution in [0.5, 0.6) is 0 Å². The van der Waals surface area contributed by atoms with Crippen LogP contribution in [0.4, 0.5) is 4.79 Å². The van der Waals surface area contributed by atoms with Gasteiger partial charge >= 0.3 is 6.03 Å². The molecule has 0 aliphatic heterocycles. The van der Waals surface area contributed by atoms with Gasteiger partial charge in [0.1, 0.15) is 0 Å². The first-order valence-electron chi connectivity index (χ1n) is 2.30. The van der Waals surface area contributed by atoms with Crippen LogP contribution in [-0.2, 0) is 0 Å². The normalized spacial score (nSPS) is 8.62. The Morgan fingerprint density at radius 2 is 2.38 bits per heavy atom. The molecule has 3 nitrogen and oxygen atoms in total. The molecule has 0 heterocycles. The molecule has 0 fully saturated rings. The molecule has 0 bridgehead atoms. The van der Waals surface area contributed by atoms with Crippen molar-refractivity contribution in [1.29, 1.82) is 0 Å². The van der Waals surface area contributed by atoms with E-state index in [0.29, 0.717) is 6.54 Å². The molecule has 2 amide bonds. The molecule has 0 aromatic rings. The van der Waals surface area contributed by atoms with Crippen LogP contribution >= 0.6 is 22.6 Å². The Hall–Kier alpha value is 0. The summed E-state index contributed by atoms with van der Waals surface area (Å²) in [5, 5.41) is 3.45. The standard InChI is InChI=1S/C4H8IN2O/c5-2-1-3-7-4(6)8/h1-3H2,(H2,6,8). The first kappa shape index (κ1) is 8.00. The molecule has 0 saturated heterocycles. The highest BCUT2D eigenvalue weighted by molar-refractivity contribution is 14.1. The van der Waals surface area contributed by atoms with Crippen LogP contribution in [0.3, 0.4) is 0 Å². The fourth-order valence-electron chi connectivity index (χ4n) is 0.249. The maximum atomic E-state index is 9.93. The second-order valence-corrected chi connectivity index (χ2v) is 2.34. The summed E-state index contributed by atoms with van der Waals surface area (Å²) in [4.78, 5) is 9.93. The number of hydrogen-bond donors (Lipinski definition) is 1. The molecule has 1 radical (unpaired) electrons. The molecule has 0 spiro atoms. The van der Waals surface area contributed by atoms with Crippen molar-refractivity contribution >= 4 is 28.6 Å². The molecule has 0 aliphatic carbocycles. The van der Waals surface area contributed by atoms with Gasteiger partial charge in [-0.1, -0.05) is 22.6 Å². The van der Waals surface area contributed by atoms with Crippen LogP contribution in [0.1, 0.15) is 6.42 Å². The summed E-state index contributed by atoms with van der Waals surface area (Å²) in [6.07, 6.45) is 0.934. The highest BCUT2D eigenvalue weighted by Crippen LogP contribution is 1.85. The van der Waals surface area contributed by atoms with E-state index in [1.54, 1.807) is 0 Å². The molecular weight excluding hydrogens is 219 g/mol. The zero-order valence-electron chi connectivity index (χ0n) is 4.43. The second-order valence-electron chi connectivity index (χ2n) is 1.26. The van der Waals surface area contributed by atoms with Crippen molar-refractivity contribution in [2.24, 2.45) is 5.73 Å². The molecule has 47 valence electrons. The lowest BCUT2D eigenvalue weighted by Crippen LogP contribution is -2.23. The van der Waals surface area contributed by atoms with Crippen LogP contribution in [0.2, 0.25) is 0 Å². The summed E-state index contributed by atoms with van der Waals surface area (Å²) in [5.41, 5.74) is 4.73. The minimum atomic E-state index is -0.560. The van der Waals surface area contributed by atoms with Crippen LogP contribution in [0.15, 0.2) is 0 Å². The Morgan fingerprint density at radius 3 is 2.75 bits per heavy atom. The zero-order valence-corrected chi connectivity index (χ0v) is 6.59. The quantitative estimate of drug-likeness (QED) is 0.426. The van der Waals surface area contributed by atoms with Crippen LogP contribution < -0.4 is 11.1 Å². The molecule has 0 aliphatic rings. The van der Waals surface area contributed by atoms with Crippen molar-refractivity contribution in [1.82, 2.24) is 5.32 Å². The van der Waals surface area contributed by atoms with Gasteiger partial charge in [-0.2, -0.15) is 0 Å². The van der Waals surface area contributed by atoms with E-state index >= 15 is 0 Å². The topological polar surface area (TPSA) is 57.2 Å². The number of amides is 2. The number of halogens is 1. The molecule has 0 aromatic carbocycles. The second kappa shape index (κ2) is 5.14. The van der Waals surface area contributed by atoms with E-state index in [1.807, 2.05) is 0 Å². The largest absolute Gasteiger partial charge is 0.350 e. The molecule has 0 unspecified atom stereocenters. The molecule has 0 aromatic heterocycles. The third-order valence-electron chi connectivity index (χ3n) is 0.559. The third-order valence-corrected chi connectivity index (χ3v) is 1.32. The van der Waals surface area contributed by atoms with Gasteiger partial charge in [-0.05, 0) is 6.42 Å². The Kier molecular flexibility index (Phi) is 5.14. The molecular formula is C4H8IN2O. The predicted octanol–water partition coefficient (Wildman–Crippen LogP) is 0.495. The summed E-state index contributed by atoms with van der Waals surface area (Å²) >= 11 is 2.22. The van der Waals surface area contributed by atoms with E-state index in [2.05, 4.69) is 27.9 Å². The molecule has 0 rings (SSSR count). The summed E-state index contributed by atoms with van der Waals surface area (Å²) in [7, 11) is 0. The predicted molar refractivity (Wildman–Crippen MR) is 40.1 cm³/mol. The summed E-state index contributed by atoms with van der Waals surface area (Å²) in [6.45, 7) is 0.568. The summed E-state index contributed by atoms with van der Waals surface area (Å²) < 4.78 is 1.02. The van der Waals surface area contributed by atoms with Gasteiger partial charge in [-0.25, -0.2) is 10.1 Å². The molecule has 4 heteroatoms. The lowest BCUT2D eigenvalue weighted by molar-refractivity contribution is 0.248.